The number of nitrogens with zero attached hydrogens (tertiary/aromatic N) is 3. The molecule has 1 atom stereocenters. The first-order valence-electron chi connectivity index (χ1n) is 10.2. The topological polar surface area (TPSA) is 44.1 Å². The minimum atomic E-state index is 0. The average Bonchev–Trinajstić information content (AvgIpc) is 2.89. The van der Waals surface area contributed by atoms with E-state index in [1.54, 1.807) is 0 Å². The molecule has 2 fully saturated rings. The fraction of sp³-hybridized carbons (Fsp3) is 0.636. The van der Waals surface area contributed by atoms with E-state index < -0.39 is 0 Å². The van der Waals surface area contributed by atoms with Crippen LogP contribution >= 0.6 is 0 Å². The molecular weight excluding hydrogens is 411 g/mol. The maximum absolute atomic E-state index is 13.6. The molecule has 1 aromatic carbocycles. The molecule has 2 heterocycles. The summed E-state index contributed by atoms with van der Waals surface area (Å²) in [6.07, 6.45) is 7.17. The van der Waals surface area contributed by atoms with E-state index in [1.165, 1.54) is 25.7 Å². The number of anilines is 1. The van der Waals surface area contributed by atoms with Crippen LogP contribution in [0.4, 0.5) is 5.69 Å². The van der Waals surface area contributed by atoms with Crippen molar-refractivity contribution in [1.82, 2.24) is 0 Å². The summed E-state index contributed by atoms with van der Waals surface area (Å²) in [4.78, 5) is 15.6. The van der Waals surface area contributed by atoms with Crippen molar-refractivity contribution in [2.24, 2.45) is 0 Å². The molecule has 1 radical (unpaired) electrons. The Labute approximate surface area is 189 Å². The molecule has 2 saturated heterocycles. The Kier molecular flexibility index (Phi) is 8.04. The van der Waals surface area contributed by atoms with Crippen molar-refractivity contribution >= 4 is 11.6 Å². The first-order valence-corrected chi connectivity index (χ1v) is 10.2. The number of quaternary nitrogens is 1. The normalized spacial score (nSPS) is 22.5. The minimum Gasteiger partial charge on any atom is -0.314 e. The van der Waals surface area contributed by atoms with Gasteiger partial charge >= 0.3 is 0 Å². The average molecular weight is 443 g/mol. The van der Waals surface area contributed by atoms with Crippen molar-refractivity contribution in [2.45, 2.75) is 65.3 Å². The molecule has 0 aliphatic carbocycles. The third-order valence-corrected chi connectivity index (χ3v) is 6.55. The third-order valence-electron chi connectivity index (χ3n) is 6.55. The fourth-order valence-corrected chi connectivity index (χ4v) is 5.20. The zero-order valence-corrected chi connectivity index (χ0v) is 20.0. The molecule has 4 nitrogen and oxygen atoms in total. The van der Waals surface area contributed by atoms with Crippen molar-refractivity contribution in [3.63, 3.8) is 0 Å². The maximum Gasteiger partial charge on any atom is 0.285 e. The van der Waals surface area contributed by atoms with Crippen LogP contribution < -0.4 is 4.90 Å². The molecule has 143 valence electrons. The van der Waals surface area contributed by atoms with E-state index in [2.05, 4.69) is 13.0 Å². The zero-order chi connectivity index (χ0) is 18.7. The summed E-state index contributed by atoms with van der Waals surface area (Å²) in [6, 6.07) is 6.15. The van der Waals surface area contributed by atoms with Crippen LogP contribution in [0.15, 0.2) is 12.1 Å². The summed E-state index contributed by atoms with van der Waals surface area (Å²) in [6.45, 7) is 10.4. The standard InChI is InChI=1S/C22H32N3O.Y/c1-4-25(12-7-5-6-8-13-25)20-10-9-11-24(22(20)26)21-17(2)14-19(16-23)15-18(21)3;/h14-15,20H,4-13H2,1-3H3;/q+1;. The summed E-state index contributed by atoms with van der Waals surface area (Å²) in [5, 5.41) is 9.21. The maximum atomic E-state index is 13.6. The second-order valence-corrected chi connectivity index (χ2v) is 8.11. The zero-order valence-electron chi connectivity index (χ0n) is 17.1. The summed E-state index contributed by atoms with van der Waals surface area (Å²) >= 11 is 0. The first kappa shape index (κ1) is 22.5. The van der Waals surface area contributed by atoms with Gasteiger partial charge in [-0.05, 0) is 76.1 Å². The molecular formula is C22H32N3OY+. The van der Waals surface area contributed by atoms with Crippen molar-refractivity contribution in [3.05, 3.63) is 28.8 Å². The molecule has 0 aromatic heterocycles. The van der Waals surface area contributed by atoms with Gasteiger partial charge in [0.25, 0.3) is 5.91 Å². The monoisotopic (exact) mass is 443 g/mol. The van der Waals surface area contributed by atoms with E-state index in [4.69, 9.17) is 0 Å². The predicted molar refractivity (Wildman–Crippen MR) is 105 cm³/mol. The Morgan fingerprint density at radius 1 is 1.11 bits per heavy atom. The summed E-state index contributed by atoms with van der Waals surface area (Å²) in [5.41, 5.74) is 3.78. The van der Waals surface area contributed by atoms with E-state index >= 15 is 0 Å². The molecule has 0 spiro atoms. The summed E-state index contributed by atoms with van der Waals surface area (Å²) < 4.78 is 0.976. The van der Waals surface area contributed by atoms with Gasteiger partial charge < -0.3 is 9.38 Å². The SMILES string of the molecule is CC[N+]1(C2CCCN(c3c(C)cc(C#N)cc3C)C2=O)CCCCCC1.[Y]. The Hall–Kier alpha value is -0.756. The van der Waals surface area contributed by atoms with Crippen molar-refractivity contribution < 1.29 is 42.0 Å². The Balaban J connectivity index is 0.00000261. The van der Waals surface area contributed by atoms with Crippen LogP contribution in [0.3, 0.4) is 0 Å². The Morgan fingerprint density at radius 3 is 2.22 bits per heavy atom. The van der Waals surface area contributed by atoms with Gasteiger partial charge in [0.15, 0.2) is 6.04 Å². The largest absolute Gasteiger partial charge is 0.314 e. The van der Waals surface area contributed by atoms with Crippen molar-refractivity contribution in [3.8, 4) is 6.07 Å². The van der Waals surface area contributed by atoms with Crippen LogP contribution in [0, 0.1) is 25.2 Å². The number of carbonyl (C=O) groups excluding carboxylic acids is 1. The van der Waals surface area contributed by atoms with Gasteiger partial charge in [-0.3, -0.25) is 4.79 Å². The van der Waals surface area contributed by atoms with Gasteiger partial charge in [0.05, 0.1) is 31.3 Å². The number of rotatable bonds is 3. The number of hydrogen-bond donors (Lipinski definition) is 0. The smallest absolute Gasteiger partial charge is 0.285 e. The quantitative estimate of drug-likeness (QED) is 0.661. The number of piperidine rings is 1. The molecule has 5 heteroatoms. The van der Waals surface area contributed by atoms with Gasteiger partial charge in [-0.15, -0.1) is 0 Å². The number of amides is 1. The van der Waals surface area contributed by atoms with Crippen LogP contribution in [-0.2, 0) is 37.5 Å². The number of aryl methyl sites for hydroxylation is 2. The van der Waals surface area contributed by atoms with Gasteiger partial charge in [0.1, 0.15) is 0 Å². The van der Waals surface area contributed by atoms with Gasteiger partial charge in [0, 0.05) is 51.4 Å². The number of likely N-dealkylation sites (N-methyl/N-ethyl adjacent to an activating group) is 1. The molecule has 2 aliphatic heterocycles. The number of likely N-dealkylation sites (tertiary alicyclic amines) is 1. The van der Waals surface area contributed by atoms with Crippen molar-refractivity contribution in [2.75, 3.05) is 31.1 Å². The fourth-order valence-electron chi connectivity index (χ4n) is 5.20. The van der Waals surface area contributed by atoms with Crippen LogP contribution in [0.2, 0.25) is 0 Å². The molecule has 0 N–H and O–H groups in total. The second-order valence-electron chi connectivity index (χ2n) is 8.11. The molecule has 1 amide bonds. The number of nitriles is 1. The van der Waals surface area contributed by atoms with E-state index in [9.17, 15) is 10.1 Å². The van der Waals surface area contributed by atoms with E-state index in [-0.39, 0.29) is 38.8 Å². The Morgan fingerprint density at radius 2 is 1.70 bits per heavy atom. The second kappa shape index (κ2) is 9.63. The first-order chi connectivity index (χ1) is 12.5. The van der Waals surface area contributed by atoms with E-state index in [0.717, 1.165) is 60.3 Å². The van der Waals surface area contributed by atoms with Gasteiger partial charge in [-0.1, -0.05) is 0 Å². The van der Waals surface area contributed by atoms with Crippen molar-refractivity contribution in [1.29, 1.82) is 5.26 Å². The number of carbonyl (C=O) groups is 1. The summed E-state index contributed by atoms with van der Waals surface area (Å²) in [5.74, 6) is 0.302. The van der Waals surface area contributed by atoms with Gasteiger partial charge in [-0.25, -0.2) is 0 Å². The van der Waals surface area contributed by atoms with Gasteiger partial charge in [-0.2, -0.15) is 5.26 Å². The van der Waals surface area contributed by atoms with Crippen LogP contribution in [-0.4, -0.2) is 42.6 Å². The van der Waals surface area contributed by atoms with Crippen LogP contribution in [0.25, 0.3) is 0 Å². The minimum absolute atomic E-state index is 0. The Bertz CT molecular complexity index is 694. The molecule has 0 saturated carbocycles. The molecule has 27 heavy (non-hydrogen) atoms. The molecule has 3 rings (SSSR count). The third kappa shape index (κ3) is 4.47. The predicted octanol–water partition coefficient (Wildman–Crippen LogP) is 4.08. The van der Waals surface area contributed by atoms with Crippen LogP contribution in [0.5, 0.6) is 0 Å². The number of hydrogen-bond acceptors (Lipinski definition) is 2. The van der Waals surface area contributed by atoms with Crippen LogP contribution in [0.1, 0.15) is 62.1 Å². The molecule has 2 aliphatic rings. The van der Waals surface area contributed by atoms with E-state index in [1.807, 2.05) is 30.9 Å². The van der Waals surface area contributed by atoms with E-state index in [0.29, 0.717) is 11.5 Å². The van der Waals surface area contributed by atoms with Gasteiger partial charge in [0.2, 0.25) is 0 Å². The molecule has 1 unspecified atom stereocenters. The molecule has 0 bridgehead atoms. The number of benzene rings is 1. The molecule has 1 aromatic rings. The summed E-state index contributed by atoms with van der Waals surface area (Å²) in [7, 11) is 0.